The van der Waals surface area contributed by atoms with Gasteiger partial charge in [0.25, 0.3) is 0 Å². The Hall–Kier alpha value is -0.410. The zero-order valence-electron chi connectivity index (χ0n) is 3.01. The molecule has 0 amide bonds. The Balaban J connectivity index is 2.62. The highest BCUT2D eigenvalue weighted by atomic mass is 16.5. The molecule has 2 N–H and O–H groups in total. The molecule has 0 rings (SSSR count). The quantitative estimate of drug-likeness (QED) is 0.243. The number of quaternary nitrogens is 1. The van der Waals surface area contributed by atoms with Gasteiger partial charge in [-0.05, 0) is 6.92 Å². The SMILES string of the molecule is C/C=N\[NH2+][O-]. The van der Waals surface area contributed by atoms with E-state index in [-0.39, 0.29) is 0 Å². The minimum absolute atomic E-state index is 0.500. The van der Waals surface area contributed by atoms with Gasteiger partial charge in [-0.1, -0.05) is 5.10 Å². The van der Waals surface area contributed by atoms with Crippen LogP contribution in [0.3, 0.4) is 0 Å². The molecule has 0 saturated carbocycles. The molecule has 0 unspecified atom stereocenters. The van der Waals surface area contributed by atoms with Gasteiger partial charge in [-0.25, -0.2) is 0 Å². The van der Waals surface area contributed by atoms with Gasteiger partial charge in [-0.2, -0.15) is 0 Å². The lowest BCUT2D eigenvalue weighted by molar-refractivity contribution is -0.594. The summed E-state index contributed by atoms with van der Waals surface area (Å²) in [5.74, 6) is 0. The molecule has 0 aromatic carbocycles. The third-order valence-electron chi connectivity index (χ3n) is 0.210. The maximum atomic E-state index is 9.21. The Bertz CT molecular complexity index is 34.6. The van der Waals surface area contributed by atoms with Gasteiger partial charge in [0.15, 0.2) is 0 Å². The van der Waals surface area contributed by atoms with Crippen molar-refractivity contribution < 1.29 is 5.59 Å². The molecule has 30 valence electrons. The predicted molar refractivity (Wildman–Crippen MR) is 19.5 cm³/mol. The van der Waals surface area contributed by atoms with E-state index in [1.165, 1.54) is 6.21 Å². The van der Waals surface area contributed by atoms with Crippen LogP contribution in [0.5, 0.6) is 0 Å². The topological polar surface area (TPSA) is 52.0 Å². The van der Waals surface area contributed by atoms with Crippen molar-refractivity contribution in [3.63, 3.8) is 0 Å². The van der Waals surface area contributed by atoms with Gasteiger partial charge in [0.2, 0.25) is 0 Å². The van der Waals surface area contributed by atoms with E-state index in [0.29, 0.717) is 5.59 Å². The molecular formula is C2H6N2O. The van der Waals surface area contributed by atoms with E-state index < -0.39 is 0 Å². The molecule has 0 aliphatic rings. The molecule has 0 aliphatic carbocycles. The first-order valence-electron chi connectivity index (χ1n) is 1.33. The van der Waals surface area contributed by atoms with Crippen LogP contribution in [-0.4, -0.2) is 6.21 Å². The lowest BCUT2D eigenvalue weighted by Gasteiger charge is -1.82. The Morgan fingerprint density at radius 3 is 2.60 bits per heavy atom. The molecule has 5 heavy (non-hydrogen) atoms. The number of rotatable bonds is 1. The highest BCUT2D eigenvalue weighted by Crippen LogP contribution is 1.30. The molecule has 3 nitrogen and oxygen atoms in total. The second-order valence-electron chi connectivity index (χ2n) is 0.513. The first kappa shape index (κ1) is 4.59. The van der Waals surface area contributed by atoms with E-state index in [9.17, 15) is 5.21 Å². The van der Waals surface area contributed by atoms with Crippen LogP contribution in [0.1, 0.15) is 6.92 Å². The summed E-state index contributed by atoms with van der Waals surface area (Å²) in [6.45, 7) is 1.69. The fourth-order valence-electron chi connectivity index (χ4n) is 0.0609. The van der Waals surface area contributed by atoms with Gasteiger partial charge in [-0.15, -0.1) is 0 Å². The van der Waals surface area contributed by atoms with Crippen LogP contribution in [0.4, 0.5) is 0 Å². The van der Waals surface area contributed by atoms with Crippen molar-refractivity contribution in [3.05, 3.63) is 5.21 Å². The zero-order chi connectivity index (χ0) is 4.12. The average molecular weight is 74.1 g/mol. The van der Waals surface area contributed by atoms with Crippen molar-refractivity contribution in [2.75, 3.05) is 0 Å². The van der Waals surface area contributed by atoms with Crippen LogP contribution in [-0.2, 0) is 0 Å². The highest BCUT2D eigenvalue weighted by molar-refractivity contribution is 5.51. The lowest BCUT2D eigenvalue weighted by atomic mass is 10.9. The second kappa shape index (κ2) is 3.59. The van der Waals surface area contributed by atoms with Gasteiger partial charge in [0.05, 0.1) is 6.21 Å². The second-order valence-corrected chi connectivity index (χ2v) is 0.513. The molecule has 0 aliphatic heterocycles. The van der Waals surface area contributed by atoms with Crippen LogP contribution in [0.15, 0.2) is 5.10 Å². The normalized spacial score (nSPS) is 10.0. The van der Waals surface area contributed by atoms with Crippen LogP contribution >= 0.6 is 0 Å². The molecule has 3 heteroatoms. The Morgan fingerprint density at radius 2 is 2.60 bits per heavy atom. The molecule has 0 atom stereocenters. The predicted octanol–water partition coefficient (Wildman–Crippen LogP) is -0.947. The minimum atomic E-state index is 0.500. The maximum absolute atomic E-state index is 9.21. The third-order valence-corrected chi connectivity index (χ3v) is 0.210. The summed E-state index contributed by atoms with van der Waals surface area (Å²) in [4.78, 5) is 0. The Morgan fingerprint density at radius 1 is 2.00 bits per heavy atom. The average Bonchev–Trinajstić information content (AvgIpc) is 1.41. The number of nitrogens with zero attached hydrogens (tertiary/aromatic N) is 1. The molecule has 0 aromatic heterocycles. The van der Waals surface area contributed by atoms with Gasteiger partial charge in [-0.3, -0.25) is 5.59 Å². The van der Waals surface area contributed by atoms with Crippen molar-refractivity contribution in [1.29, 1.82) is 0 Å². The Labute approximate surface area is 30.3 Å². The highest BCUT2D eigenvalue weighted by Gasteiger charge is 1.44. The fraction of sp³-hybridized carbons (Fsp3) is 0.500. The standard InChI is InChI=1S/C2H6N2O/c1-2-3-4-5/h2H,4H2,1H3/b3-2-. The van der Waals surface area contributed by atoms with E-state index >= 15 is 0 Å². The van der Waals surface area contributed by atoms with Gasteiger partial charge in [0.1, 0.15) is 0 Å². The van der Waals surface area contributed by atoms with E-state index in [4.69, 9.17) is 0 Å². The van der Waals surface area contributed by atoms with E-state index in [1.54, 1.807) is 6.92 Å². The summed E-state index contributed by atoms with van der Waals surface area (Å²) < 4.78 is 0. The monoisotopic (exact) mass is 74.0 g/mol. The number of hydrogen-bond acceptors (Lipinski definition) is 2. The van der Waals surface area contributed by atoms with Crippen LogP contribution in [0, 0.1) is 5.21 Å². The molecule has 0 fully saturated rings. The first-order valence-corrected chi connectivity index (χ1v) is 1.33. The van der Waals surface area contributed by atoms with Gasteiger partial charge < -0.3 is 5.21 Å². The largest absolute Gasteiger partial charge is 0.608 e. The maximum Gasteiger partial charge on any atom is 0.0570 e. The van der Waals surface area contributed by atoms with Gasteiger partial charge in [0, 0.05) is 0 Å². The lowest BCUT2D eigenvalue weighted by Crippen LogP contribution is -2.70. The number of hydrogen-bond donors (Lipinski definition) is 1. The molecule has 0 spiro atoms. The van der Waals surface area contributed by atoms with Crippen molar-refractivity contribution in [1.82, 2.24) is 0 Å². The van der Waals surface area contributed by atoms with Crippen molar-refractivity contribution >= 4 is 6.21 Å². The Kier molecular flexibility index (Phi) is 3.30. The summed E-state index contributed by atoms with van der Waals surface area (Å²) in [6, 6.07) is 0. The first-order chi connectivity index (χ1) is 2.41. The van der Waals surface area contributed by atoms with Crippen molar-refractivity contribution in [2.45, 2.75) is 6.92 Å². The van der Waals surface area contributed by atoms with Crippen LogP contribution in [0.25, 0.3) is 0 Å². The molecule has 0 heterocycles. The van der Waals surface area contributed by atoms with Crippen molar-refractivity contribution in [2.24, 2.45) is 5.10 Å². The van der Waals surface area contributed by atoms with E-state index in [2.05, 4.69) is 5.10 Å². The third kappa shape index (κ3) is 3.59. The molecular weight excluding hydrogens is 68.0 g/mol. The summed E-state index contributed by atoms with van der Waals surface area (Å²) >= 11 is 0. The summed E-state index contributed by atoms with van der Waals surface area (Å²) in [5.41, 5.74) is 0.500. The molecule has 0 radical (unpaired) electrons. The molecule has 0 aromatic rings. The van der Waals surface area contributed by atoms with Gasteiger partial charge >= 0.3 is 0 Å². The van der Waals surface area contributed by atoms with E-state index in [1.807, 2.05) is 0 Å². The molecule has 0 bridgehead atoms. The molecule has 0 saturated heterocycles. The smallest absolute Gasteiger partial charge is 0.0570 e. The minimum Gasteiger partial charge on any atom is -0.608 e. The summed E-state index contributed by atoms with van der Waals surface area (Å²) in [6.07, 6.45) is 1.44. The van der Waals surface area contributed by atoms with E-state index in [0.717, 1.165) is 0 Å². The van der Waals surface area contributed by atoms with Crippen LogP contribution in [0.2, 0.25) is 0 Å². The fourth-order valence-corrected chi connectivity index (χ4v) is 0.0609. The number of nitrogens with two attached hydrogens (primary N) is 1. The zero-order valence-corrected chi connectivity index (χ0v) is 3.01. The summed E-state index contributed by atoms with van der Waals surface area (Å²) in [7, 11) is 0. The van der Waals surface area contributed by atoms with Crippen molar-refractivity contribution in [3.8, 4) is 0 Å². The van der Waals surface area contributed by atoms with Crippen LogP contribution < -0.4 is 5.59 Å². The summed E-state index contributed by atoms with van der Waals surface area (Å²) in [5, 5.41) is 12.4.